The fourth-order valence-electron chi connectivity index (χ4n) is 15.8. The number of ether oxygens (including phenoxy) is 13. The first-order valence-electron chi connectivity index (χ1n) is 28.7. The zero-order chi connectivity index (χ0) is 58.0. The second-order valence-corrected chi connectivity index (χ2v) is 24.5. The molecule has 454 valence electrons. The molecule has 0 bridgehead atoms. The lowest BCUT2D eigenvalue weighted by molar-refractivity contribution is -0.373. The predicted octanol–water partition coefficient (Wildman–Crippen LogP) is 2.01. The molecule has 8 aliphatic rings. The molecule has 28 atom stereocenters. The number of para-hydroxylation sites is 1. The molecule has 0 unspecified atom stereocenters. The van der Waals surface area contributed by atoms with E-state index in [1.807, 2.05) is 6.92 Å². The number of anilines is 1. The van der Waals surface area contributed by atoms with Gasteiger partial charge in [0.15, 0.2) is 25.2 Å². The molecule has 4 saturated heterocycles. The molecule has 0 radical (unpaired) electrons. The second kappa shape index (κ2) is 24.3. The van der Waals surface area contributed by atoms with Gasteiger partial charge < -0.3 is 103 Å². The number of carbonyl (C=O) groups is 2. The van der Waals surface area contributed by atoms with Gasteiger partial charge in [-0.05, 0) is 114 Å². The van der Waals surface area contributed by atoms with Crippen LogP contribution in [0.1, 0.15) is 123 Å². The van der Waals surface area contributed by atoms with E-state index >= 15 is 0 Å². The van der Waals surface area contributed by atoms with Gasteiger partial charge in [-0.15, -0.1) is 0 Å². The molecule has 4 heterocycles. The van der Waals surface area contributed by atoms with Gasteiger partial charge in [-0.25, -0.2) is 4.79 Å². The summed E-state index contributed by atoms with van der Waals surface area (Å²) in [6.45, 7) is 11.8. The number of hydrogen-bond acceptors (Lipinski definition) is 23. The highest BCUT2D eigenvalue weighted by molar-refractivity contribution is 5.95. The Labute approximate surface area is 468 Å². The van der Waals surface area contributed by atoms with Crippen LogP contribution in [0.25, 0.3) is 0 Å². The molecule has 4 aliphatic carbocycles. The smallest absolute Gasteiger partial charge is 0.340 e. The predicted molar refractivity (Wildman–Crippen MR) is 279 cm³/mol. The average molecular weight is 1140 g/mol. The van der Waals surface area contributed by atoms with Crippen LogP contribution in [-0.4, -0.2) is 216 Å². The van der Waals surface area contributed by atoms with E-state index in [4.69, 9.17) is 67.3 Å². The maximum Gasteiger partial charge on any atom is 0.340 e. The Morgan fingerprint density at radius 2 is 1.30 bits per heavy atom. The minimum absolute atomic E-state index is 0.0393. The summed E-state index contributed by atoms with van der Waals surface area (Å²) in [5.41, 5.74) is 1.75. The first-order valence-corrected chi connectivity index (χ1v) is 28.7. The van der Waals surface area contributed by atoms with E-state index in [1.165, 1.54) is 14.0 Å². The molecular weight excluding hydrogens is 1050 g/mol. The lowest BCUT2D eigenvalue weighted by Gasteiger charge is -2.66. The topological polar surface area (TPSA) is 322 Å². The summed E-state index contributed by atoms with van der Waals surface area (Å²) >= 11 is 0. The van der Waals surface area contributed by atoms with Crippen molar-refractivity contribution in [1.82, 2.24) is 0 Å². The summed E-state index contributed by atoms with van der Waals surface area (Å²) in [7, 11) is 4.54. The normalized spacial score (nSPS) is 48.9. The highest BCUT2D eigenvalue weighted by Crippen LogP contribution is 2.71. The van der Waals surface area contributed by atoms with Crippen LogP contribution in [0.4, 0.5) is 5.69 Å². The van der Waals surface area contributed by atoms with E-state index in [2.05, 4.69) is 6.92 Å². The number of aliphatic hydroxyl groups is 7. The molecule has 0 aromatic heterocycles. The zero-order valence-corrected chi connectivity index (χ0v) is 47.8. The van der Waals surface area contributed by atoms with Crippen LogP contribution in [0.15, 0.2) is 24.3 Å². The van der Waals surface area contributed by atoms with Crippen LogP contribution >= 0.6 is 0 Å². The maximum atomic E-state index is 13.4. The summed E-state index contributed by atoms with van der Waals surface area (Å²) in [5, 5.41) is 78.4. The molecule has 80 heavy (non-hydrogen) atoms. The highest BCUT2D eigenvalue weighted by Gasteiger charge is 2.77. The number of methoxy groups -OCH3 is 3. The van der Waals surface area contributed by atoms with Crippen molar-refractivity contribution >= 4 is 17.6 Å². The van der Waals surface area contributed by atoms with E-state index < -0.39 is 158 Å². The lowest BCUT2D eigenvalue weighted by atomic mass is 9.42. The van der Waals surface area contributed by atoms with Gasteiger partial charge >= 0.3 is 11.9 Å². The number of esters is 2. The quantitative estimate of drug-likeness (QED) is 0.0667. The third kappa shape index (κ3) is 11.0. The molecule has 9 rings (SSSR count). The molecule has 4 aliphatic heterocycles. The number of fused-ring (bicyclic) bond motifs is 5. The molecule has 1 aromatic carbocycles. The molecular formula is C57H89NO22. The van der Waals surface area contributed by atoms with Crippen LogP contribution in [0.5, 0.6) is 0 Å². The van der Waals surface area contributed by atoms with E-state index in [-0.39, 0.29) is 59.8 Å². The van der Waals surface area contributed by atoms with Crippen molar-refractivity contribution in [1.29, 1.82) is 0 Å². The number of hydrogen-bond donors (Lipinski definition) is 8. The van der Waals surface area contributed by atoms with Crippen LogP contribution < -0.4 is 5.73 Å². The third-order valence-corrected chi connectivity index (χ3v) is 20.5. The largest absolute Gasteiger partial charge is 0.462 e. The van der Waals surface area contributed by atoms with Crippen LogP contribution in [0, 0.1) is 28.6 Å². The highest BCUT2D eigenvalue weighted by atomic mass is 16.8. The monoisotopic (exact) mass is 1140 g/mol. The van der Waals surface area contributed by atoms with Crippen molar-refractivity contribution < 1.29 is 107 Å². The molecule has 1 aromatic rings. The lowest BCUT2D eigenvalue weighted by Crippen LogP contribution is -2.72. The van der Waals surface area contributed by atoms with Gasteiger partial charge in [0, 0.05) is 46.8 Å². The SMILES string of the molecule is CO[C@H]1[C@@H](O)[C@H](O[C@@H]2[C@@H](C)O[C@@H](O[C@H]3[C@@H](OC)C[C@H](O[C@H]4CC[C@@]5(C)[C@@H](CC[C@@H]6[C@@H]5C[C@@H](OC(C)=O)[C@]5(C)[C@](O)([C@H](C)OC(=O)c7ccccc7N)CC[C@]65O)C4)O[C@@H]3C)C[C@H]2OC)O[C@H](C)[C@H]1O[C@@H]1O[C@H](CO)[C@@H](O)[C@H](O)[C@H]1O. The van der Waals surface area contributed by atoms with Crippen molar-refractivity contribution in [3.8, 4) is 0 Å². The number of benzene rings is 1. The van der Waals surface area contributed by atoms with Crippen molar-refractivity contribution in [2.45, 2.75) is 253 Å². The Bertz CT molecular complexity index is 2280. The summed E-state index contributed by atoms with van der Waals surface area (Å²) in [6, 6.07) is 6.57. The first kappa shape index (κ1) is 61.8. The molecule has 0 amide bonds. The Kier molecular flexibility index (Phi) is 18.8. The van der Waals surface area contributed by atoms with Gasteiger partial charge in [-0.2, -0.15) is 0 Å². The van der Waals surface area contributed by atoms with Crippen LogP contribution in [0.2, 0.25) is 0 Å². The molecule has 4 saturated carbocycles. The van der Waals surface area contributed by atoms with Crippen molar-refractivity contribution in [2.24, 2.45) is 28.6 Å². The number of aliphatic hydroxyl groups excluding tert-OH is 5. The summed E-state index contributed by atoms with van der Waals surface area (Å²) in [6.07, 6.45) is -14.8. The summed E-state index contributed by atoms with van der Waals surface area (Å²) in [4.78, 5) is 26.4. The molecule has 23 heteroatoms. The number of rotatable bonds is 16. The van der Waals surface area contributed by atoms with Crippen molar-refractivity contribution in [3.63, 3.8) is 0 Å². The van der Waals surface area contributed by atoms with E-state index in [0.29, 0.717) is 19.3 Å². The molecule has 0 spiro atoms. The number of nitrogens with two attached hydrogens (primary N) is 1. The van der Waals surface area contributed by atoms with Crippen LogP contribution in [-0.2, 0) is 66.4 Å². The fourth-order valence-corrected chi connectivity index (χ4v) is 15.8. The van der Waals surface area contributed by atoms with E-state index in [0.717, 1.165) is 25.7 Å². The summed E-state index contributed by atoms with van der Waals surface area (Å²) in [5.74, 6) is -1.23. The maximum absolute atomic E-state index is 13.4. The third-order valence-electron chi connectivity index (χ3n) is 20.5. The van der Waals surface area contributed by atoms with E-state index in [9.17, 15) is 45.3 Å². The molecule has 8 fully saturated rings. The van der Waals surface area contributed by atoms with Gasteiger partial charge in [-0.3, -0.25) is 4.79 Å². The van der Waals surface area contributed by atoms with E-state index in [1.54, 1.807) is 66.2 Å². The molecule has 9 N–H and O–H groups in total. The van der Waals surface area contributed by atoms with Gasteiger partial charge in [0.1, 0.15) is 72.7 Å². The Morgan fingerprint density at radius 1 is 0.688 bits per heavy atom. The number of carbonyl (C=O) groups excluding carboxylic acids is 2. The second-order valence-electron chi connectivity index (χ2n) is 24.5. The minimum Gasteiger partial charge on any atom is -0.462 e. The van der Waals surface area contributed by atoms with Crippen molar-refractivity contribution in [3.05, 3.63) is 29.8 Å². The standard InChI is InChI=1S/C57H89NO22/c1-26-47(78-42-24-38(69-9)48(27(2)72-42)79-53-46(64)50(70-10)49(28(3)73-53)80-52-45(63)44(62)43(61)39(25-59)77-52)37(68-8)23-41(71-26)76-32-17-18-54(6)31(21-32)15-16-34-35(54)22-40(75-30(5)60)55(7)56(66,19-20-57(34,55)67)29(4)74-51(65)33-13-11-12-14-36(33)58/h11-14,26-29,31-32,34-35,37-50,52-53,59,61-64,66-67H,15-25,58H2,1-10H3/t26-,27-,28-,29+,31+,32+,34-,35+,37+,38-,39-,40-,41+,42+,43-,44+,45-,46-,47-,48-,49-,50+,52+,53+,54+,55-,56-,57+/m1/s1. The van der Waals surface area contributed by atoms with Gasteiger partial charge in [0.25, 0.3) is 0 Å². The minimum atomic E-state index is -1.73. The Morgan fingerprint density at radius 3 is 1.93 bits per heavy atom. The summed E-state index contributed by atoms with van der Waals surface area (Å²) < 4.78 is 80.3. The average Bonchev–Trinajstić information content (AvgIpc) is 3.76. The van der Waals surface area contributed by atoms with Crippen LogP contribution in [0.3, 0.4) is 0 Å². The zero-order valence-electron chi connectivity index (χ0n) is 47.8. The first-order chi connectivity index (χ1) is 37.9. The Hall–Kier alpha value is -2.76. The number of nitrogen functional groups attached to an aromatic ring is 1. The van der Waals surface area contributed by atoms with Crippen molar-refractivity contribution in [2.75, 3.05) is 33.7 Å². The Balaban J connectivity index is 0.794. The van der Waals surface area contributed by atoms with Gasteiger partial charge in [0.2, 0.25) is 0 Å². The van der Waals surface area contributed by atoms with Gasteiger partial charge in [0.05, 0.1) is 59.8 Å². The molecule has 23 nitrogen and oxygen atoms in total. The fraction of sp³-hybridized carbons (Fsp3) is 0.860. The van der Waals surface area contributed by atoms with Gasteiger partial charge in [-0.1, -0.05) is 26.0 Å².